The molecule has 0 radical (unpaired) electrons. The number of hydrogen-bond acceptors (Lipinski definition) is 7. The molecule has 46 heavy (non-hydrogen) atoms. The Hall–Kier alpha value is -4.49. The van der Waals surface area contributed by atoms with Gasteiger partial charge >= 0.3 is 0 Å². The molecule has 0 fully saturated rings. The van der Waals surface area contributed by atoms with Crippen LogP contribution in [0.2, 0.25) is 0 Å². The average molecular weight is 752 g/mol. The number of carbonyl (C=O) groups is 3. The van der Waals surface area contributed by atoms with E-state index in [-0.39, 0.29) is 16.9 Å². The molecule has 11 heteroatoms. The molecule has 4 aromatic carbocycles. The molecule has 0 saturated heterocycles. The standard InChI is InChI=1S/C35H34IN3O6S/c1-5-31(35(42)37-25-16-14-24(36)15-17-25)46-27-13-9-12-26(21-27)38-34(41)28(39-33(40)23-10-7-6-8-11-23)18-22-19-29(43-2)32(45-4)30(20-22)44-3/h6-21,31H,5H2,1-4H3,(H,37,42)(H,38,41)(H,39,40)/b28-18+. The molecular formula is C35H34IN3O6S. The number of benzene rings is 4. The average Bonchev–Trinajstić information content (AvgIpc) is 3.07. The zero-order valence-corrected chi connectivity index (χ0v) is 28.7. The van der Waals surface area contributed by atoms with Gasteiger partial charge in [0.1, 0.15) is 5.70 Å². The van der Waals surface area contributed by atoms with Crippen LogP contribution >= 0.6 is 34.4 Å². The van der Waals surface area contributed by atoms with Crippen LogP contribution in [-0.4, -0.2) is 44.3 Å². The number of methoxy groups -OCH3 is 3. The van der Waals surface area contributed by atoms with Gasteiger partial charge in [-0.25, -0.2) is 0 Å². The van der Waals surface area contributed by atoms with E-state index in [9.17, 15) is 14.4 Å². The second-order valence-corrected chi connectivity index (χ2v) is 12.4. The van der Waals surface area contributed by atoms with Gasteiger partial charge in [0.05, 0.1) is 26.6 Å². The van der Waals surface area contributed by atoms with Crippen LogP contribution in [0.3, 0.4) is 0 Å². The van der Waals surface area contributed by atoms with E-state index in [4.69, 9.17) is 14.2 Å². The number of halogens is 1. The summed E-state index contributed by atoms with van der Waals surface area (Å²) in [5.41, 5.74) is 2.13. The molecule has 3 N–H and O–H groups in total. The number of anilines is 2. The van der Waals surface area contributed by atoms with Crippen LogP contribution in [-0.2, 0) is 9.59 Å². The summed E-state index contributed by atoms with van der Waals surface area (Å²) in [6.45, 7) is 1.95. The lowest BCUT2D eigenvalue weighted by Gasteiger charge is -2.16. The molecule has 1 atom stereocenters. The first kappa shape index (κ1) is 34.4. The largest absolute Gasteiger partial charge is 0.493 e. The third-order valence-corrected chi connectivity index (χ3v) is 8.75. The fourth-order valence-corrected chi connectivity index (χ4v) is 5.75. The van der Waals surface area contributed by atoms with E-state index in [1.165, 1.54) is 39.2 Å². The quantitative estimate of drug-likeness (QED) is 0.0750. The number of rotatable bonds is 13. The fourth-order valence-electron chi connectivity index (χ4n) is 4.38. The molecule has 1 unspecified atom stereocenters. The van der Waals surface area contributed by atoms with E-state index in [1.807, 2.05) is 37.3 Å². The van der Waals surface area contributed by atoms with Gasteiger partial charge in [-0.2, -0.15) is 0 Å². The van der Waals surface area contributed by atoms with Crippen molar-refractivity contribution in [2.24, 2.45) is 0 Å². The Morgan fingerprint density at radius 3 is 2.09 bits per heavy atom. The molecule has 238 valence electrons. The zero-order valence-electron chi connectivity index (χ0n) is 25.8. The van der Waals surface area contributed by atoms with Crippen LogP contribution in [0.4, 0.5) is 11.4 Å². The minimum absolute atomic E-state index is 0.00971. The summed E-state index contributed by atoms with van der Waals surface area (Å²) in [6, 6.07) is 26.8. The van der Waals surface area contributed by atoms with Gasteiger partial charge in [0, 0.05) is 25.4 Å². The van der Waals surface area contributed by atoms with Crippen molar-refractivity contribution in [2.45, 2.75) is 23.5 Å². The maximum atomic E-state index is 13.7. The highest BCUT2D eigenvalue weighted by Gasteiger charge is 2.20. The minimum Gasteiger partial charge on any atom is -0.493 e. The van der Waals surface area contributed by atoms with Crippen LogP contribution in [0.1, 0.15) is 29.3 Å². The van der Waals surface area contributed by atoms with Gasteiger partial charge in [0.15, 0.2) is 11.5 Å². The van der Waals surface area contributed by atoms with Crippen LogP contribution in [0, 0.1) is 3.57 Å². The van der Waals surface area contributed by atoms with Crippen molar-refractivity contribution in [1.29, 1.82) is 0 Å². The Kier molecular flexibility index (Phi) is 12.5. The molecule has 0 aliphatic carbocycles. The predicted octanol–water partition coefficient (Wildman–Crippen LogP) is 7.24. The van der Waals surface area contributed by atoms with Crippen molar-refractivity contribution in [1.82, 2.24) is 5.32 Å². The smallest absolute Gasteiger partial charge is 0.272 e. The summed E-state index contributed by atoms with van der Waals surface area (Å²) >= 11 is 3.62. The molecule has 9 nitrogen and oxygen atoms in total. The molecule has 3 amide bonds. The maximum absolute atomic E-state index is 13.7. The monoisotopic (exact) mass is 751 g/mol. The number of carbonyl (C=O) groups excluding carboxylic acids is 3. The highest BCUT2D eigenvalue weighted by Crippen LogP contribution is 2.38. The van der Waals surface area contributed by atoms with Gasteiger partial charge in [0.2, 0.25) is 11.7 Å². The molecule has 0 bridgehead atoms. The molecular weight excluding hydrogens is 717 g/mol. The summed E-state index contributed by atoms with van der Waals surface area (Å²) in [7, 11) is 4.49. The lowest BCUT2D eigenvalue weighted by Crippen LogP contribution is -2.30. The van der Waals surface area contributed by atoms with E-state index in [0.717, 1.165) is 14.2 Å². The highest BCUT2D eigenvalue weighted by atomic mass is 127. The number of hydrogen-bond donors (Lipinski definition) is 3. The molecule has 0 aliphatic heterocycles. The van der Waals surface area contributed by atoms with Crippen LogP contribution in [0.25, 0.3) is 6.08 Å². The van der Waals surface area contributed by atoms with Gasteiger partial charge in [-0.1, -0.05) is 31.2 Å². The van der Waals surface area contributed by atoms with Crippen molar-refractivity contribution in [2.75, 3.05) is 32.0 Å². The summed E-state index contributed by atoms with van der Waals surface area (Å²) < 4.78 is 17.4. The van der Waals surface area contributed by atoms with Crippen molar-refractivity contribution < 1.29 is 28.6 Å². The second-order valence-electron chi connectivity index (χ2n) is 9.83. The Morgan fingerprint density at radius 1 is 0.804 bits per heavy atom. The van der Waals surface area contributed by atoms with Crippen molar-refractivity contribution >= 4 is 69.5 Å². The van der Waals surface area contributed by atoms with Crippen LogP contribution in [0.5, 0.6) is 17.2 Å². The molecule has 0 aliphatic rings. The van der Waals surface area contributed by atoms with Gasteiger partial charge in [-0.05, 0) is 107 Å². The summed E-state index contributed by atoms with van der Waals surface area (Å²) in [5.74, 6) is 0.0649. The Morgan fingerprint density at radius 2 is 1.48 bits per heavy atom. The summed E-state index contributed by atoms with van der Waals surface area (Å²) in [5, 5.41) is 8.24. The zero-order chi connectivity index (χ0) is 33.1. The Bertz CT molecular complexity index is 1690. The first-order valence-corrected chi connectivity index (χ1v) is 16.2. The topological polar surface area (TPSA) is 115 Å². The van der Waals surface area contributed by atoms with Crippen molar-refractivity contribution in [3.8, 4) is 17.2 Å². The van der Waals surface area contributed by atoms with Gasteiger partial charge < -0.3 is 30.2 Å². The number of ether oxygens (including phenoxy) is 3. The molecule has 0 spiro atoms. The van der Waals surface area contributed by atoms with Gasteiger partial charge in [0.25, 0.3) is 11.8 Å². The highest BCUT2D eigenvalue weighted by molar-refractivity contribution is 14.1. The number of amides is 3. The fraction of sp³-hybridized carbons (Fsp3) is 0.171. The van der Waals surface area contributed by atoms with Gasteiger partial charge in [-0.3, -0.25) is 14.4 Å². The van der Waals surface area contributed by atoms with E-state index >= 15 is 0 Å². The van der Waals surface area contributed by atoms with Crippen LogP contribution in [0.15, 0.2) is 102 Å². The SMILES string of the molecule is CCC(Sc1cccc(NC(=O)/C(=C\c2cc(OC)c(OC)c(OC)c2)NC(=O)c2ccccc2)c1)C(=O)Nc1ccc(I)cc1. The third-order valence-electron chi connectivity index (χ3n) is 6.67. The van der Waals surface area contributed by atoms with E-state index in [0.29, 0.717) is 40.5 Å². The van der Waals surface area contributed by atoms with Crippen LogP contribution < -0.4 is 30.2 Å². The Labute approximate surface area is 286 Å². The molecule has 4 rings (SSSR count). The van der Waals surface area contributed by atoms with Crippen molar-refractivity contribution in [3.05, 3.63) is 111 Å². The molecule has 0 heterocycles. The normalized spacial score (nSPS) is 11.6. The number of nitrogens with one attached hydrogen (secondary N) is 3. The lowest BCUT2D eigenvalue weighted by atomic mass is 10.1. The maximum Gasteiger partial charge on any atom is 0.272 e. The van der Waals surface area contributed by atoms with E-state index < -0.39 is 11.8 Å². The second kappa shape index (κ2) is 16.7. The number of thioether (sulfide) groups is 1. The summed E-state index contributed by atoms with van der Waals surface area (Å²) in [4.78, 5) is 40.6. The molecule has 4 aromatic rings. The summed E-state index contributed by atoms with van der Waals surface area (Å²) in [6.07, 6.45) is 2.13. The third kappa shape index (κ3) is 9.27. The molecule has 0 aromatic heterocycles. The lowest BCUT2D eigenvalue weighted by molar-refractivity contribution is -0.116. The first-order valence-electron chi connectivity index (χ1n) is 14.3. The first-order chi connectivity index (χ1) is 22.2. The predicted molar refractivity (Wildman–Crippen MR) is 191 cm³/mol. The van der Waals surface area contributed by atoms with Gasteiger partial charge in [-0.15, -0.1) is 11.8 Å². The van der Waals surface area contributed by atoms with E-state index in [2.05, 4.69) is 38.5 Å². The Balaban J connectivity index is 1.58. The van der Waals surface area contributed by atoms with Crippen molar-refractivity contribution in [3.63, 3.8) is 0 Å². The molecule has 0 saturated carbocycles. The van der Waals surface area contributed by atoms with E-state index in [1.54, 1.807) is 60.7 Å². The minimum atomic E-state index is -0.552.